The number of carbonyl (C=O) groups excluding carboxylic acids is 1. The van der Waals surface area contributed by atoms with Gasteiger partial charge in [-0.15, -0.1) is 23.5 Å². The predicted molar refractivity (Wildman–Crippen MR) is 110 cm³/mol. The lowest BCUT2D eigenvalue weighted by Gasteiger charge is -2.23. The molecule has 0 radical (unpaired) electrons. The first kappa shape index (κ1) is 17.8. The highest BCUT2D eigenvalue weighted by Gasteiger charge is 2.33. The summed E-state index contributed by atoms with van der Waals surface area (Å²) in [6, 6.07) is 16.6. The number of amides is 1. The SMILES string of the molecule is COc1ccc(CN(C(=O)c2ccc(C3SCCS3)cc2)C2CC2)cc1. The van der Waals surface area contributed by atoms with Crippen molar-refractivity contribution >= 4 is 29.4 Å². The van der Waals surface area contributed by atoms with Crippen LogP contribution in [0.4, 0.5) is 0 Å². The van der Waals surface area contributed by atoms with E-state index < -0.39 is 0 Å². The summed E-state index contributed by atoms with van der Waals surface area (Å²) < 4.78 is 5.75. The van der Waals surface area contributed by atoms with Gasteiger partial charge in [-0.05, 0) is 48.2 Å². The van der Waals surface area contributed by atoms with Gasteiger partial charge in [0.15, 0.2) is 0 Å². The van der Waals surface area contributed by atoms with Crippen LogP contribution in [0.3, 0.4) is 0 Å². The predicted octanol–water partition coefficient (Wildman–Crippen LogP) is 4.98. The van der Waals surface area contributed by atoms with Crippen LogP contribution in [-0.2, 0) is 6.54 Å². The van der Waals surface area contributed by atoms with E-state index in [-0.39, 0.29) is 5.91 Å². The average Bonchev–Trinajstić information content (AvgIpc) is 3.39. The Labute approximate surface area is 163 Å². The highest BCUT2D eigenvalue weighted by molar-refractivity contribution is 8.19. The number of hydrogen-bond donors (Lipinski definition) is 0. The van der Waals surface area contributed by atoms with E-state index in [1.807, 2.05) is 64.8 Å². The lowest BCUT2D eigenvalue weighted by molar-refractivity contribution is 0.0730. The van der Waals surface area contributed by atoms with Crippen molar-refractivity contribution in [2.45, 2.75) is 30.0 Å². The fourth-order valence-electron chi connectivity index (χ4n) is 3.18. The maximum atomic E-state index is 13.1. The summed E-state index contributed by atoms with van der Waals surface area (Å²) in [5, 5.41) is 0. The van der Waals surface area contributed by atoms with Gasteiger partial charge in [-0.3, -0.25) is 4.79 Å². The topological polar surface area (TPSA) is 29.5 Å². The van der Waals surface area contributed by atoms with Crippen LogP contribution < -0.4 is 4.74 Å². The fourth-order valence-corrected chi connectivity index (χ4v) is 6.04. The molecule has 1 aliphatic heterocycles. The highest BCUT2D eigenvalue weighted by atomic mass is 32.2. The number of carbonyl (C=O) groups is 1. The van der Waals surface area contributed by atoms with Crippen molar-refractivity contribution in [3.63, 3.8) is 0 Å². The Morgan fingerprint density at radius 3 is 2.27 bits per heavy atom. The molecule has 5 heteroatoms. The van der Waals surface area contributed by atoms with E-state index in [0.717, 1.165) is 29.7 Å². The maximum absolute atomic E-state index is 13.1. The molecule has 3 nitrogen and oxygen atoms in total. The number of thioether (sulfide) groups is 2. The van der Waals surface area contributed by atoms with Gasteiger partial charge in [0.25, 0.3) is 5.91 Å². The van der Waals surface area contributed by atoms with E-state index in [0.29, 0.717) is 17.2 Å². The Morgan fingerprint density at radius 2 is 1.69 bits per heavy atom. The molecule has 0 bridgehead atoms. The summed E-state index contributed by atoms with van der Waals surface area (Å²) in [6.07, 6.45) is 2.21. The van der Waals surface area contributed by atoms with E-state index >= 15 is 0 Å². The number of nitrogens with zero attached hydrogens (tertiary/aromatic N) is 1. The molecular weight excluding hydrogens is 362 g/mol. The summed E-state index contributed by atoms with van der Waals surface area (Å²) >= 11 is 3.99. The van der Waals surface area contributed by atoms with Gasteiger partial charge in [0.05, 0.1) is 11.7 Å². The van der Waals surface area contributed by atoms with Crippen LogP contribution in [-0.4, -0.2) is 35.5 Å². The molecule has 0 unspecified atom stereocenters. The summed E-state index contributed by atoms with van der Waals surface area (Å²) in [6.45, 7) is 0.656. The van der Waals surface area contributed by atoms with E-state index in [1.165, 1.54) is 17.1 Å². The third-order valence-electron chi connectivity index (χ3n) is 4.81. The van der Waals surface area contributed by atoms with Gasteiger partial charge >= 0.3 is 0 Å². The zero-order chi connectivity index (χ0) is 17.9. The average molecular weight is 386 g/mol. The molecule has 2 fully saturated rings. The van der Waals surface area contributed by atoms with Crippen LogP contribution in [0, 0.1) is 0 Å². The Bertz CT molecular complexity index is 751. The molecule has 0 N–H and O–H groups in total. The minimum absolute atomic E-state index is 0.140. The lowest BCUT2D eigenvalue weighted by atomic mass is 10.1. The van der Waals surface area contributed by atoms with Crippen LogP contribution >= 0.6 is 23.5 Å². The van der Waals surface area contributed by atoms with E-state index in [9.17, 15) is 4.79 Å². The molecule has 2 aromatic rings. The van der Waals surface area contributed by atoms with Gasteiger partial charge < -0.3 is 9.64 Å². The molecule has 1 aliphatic carbocycles. The second kappa shape index (κ2) is 7.97. The zero-order valence-corrected chi connectivity index (χ0v) is 16.5. The van der Waals surface area contributed by atoms with Crippen molar-refractivity contribution in [3.8, 4) is 5.75 Å². The summed E-state index contributed by atoms with van der Waals surface area (Å²) in [4.78, 5) is 15.1. The minimum atomic E-state index is 0.140. The Kier molecular flexibility index (Phi) is 5.46. The second-order valence-electron chi connectivity index (χ2n) is 6.71. The van der Waals surface area contributed by atoms with Gasteiger partial charge in [0.1, 0.15) is 5.75 Å². The van der Waals surface area contributed by atoms with Crippen molar-refractivity contribution in [2.24, 2.45) is 0 Å². The normalized spacial score (nSPS) is 17.3. The van der Waals surface area contributed by atoms with Crippen molar-refractivity contribution in [1.29, 1.82) is 0 Å². The standard InChI is InChI=1S/C21H23NO2S2/c1-24-19-10-2-15(3-11-19)14-22(18-8-9-18)20(23)16-4-6-17(7-5-16)21-25-12-13-26-21/h2-7,10-11,18,21H,8-9,12-14H2,1H3. The molecule has 1 amide bonds. The van der Waals surface area contributed by atoms with Gasteiger partial charge in [-0.2, -0.15) is 0 Å². The van der Waals surface area contributed by atoms with E-state index in [1.54, 1.807) is 7.11 Å². The molecule has 4 rings (SSSR count). The van der Waals surface area contributed by atoms with Crippen molar-refractivity contribution in [2.75, 3.05) is 18.6 Å². The van der Waals surface area contributed by atoms with Crippen LogP contribution in [0.25, 0.3) is 0 Å². The molecule has 2 aliphatic rings. The van der Waals surface area contributed by atoms with Crippen LogP contribution in [0.15, 0.2) is 48.5 Å². The highest BCUT2D eigenvalue weighted by Crippen LogP contribution is 2.45. The first-order valence-corrected chi connectivity index (χ1v) is 11.1. The molecule has 1 heterocycles. The van der Waals surface area contributed by atoms with Crippen LogP contribution in [0.1, 0.15) is 38.9 Å². The van der Waals surface area contributed by atoms with E-state index in [2.05, 4.69) is 12.1 Å². The monoisotopic (exact) mass is 385 g/mol. The van der Waals surface area contributed by atoms with E-state index in [4.69, 9.17) is 4.74 Å². The third kappa shape index (κ3) is 4.04. The van der Waals surface area contributed by atoms with Crippen LogP contribution in [0.5, 0.6) is 5.75 Å². The summed E-state index contributed by atoms with van der Waals surface area (Å²) in [5.41, 5.74) is 3.26. The quantitative estimate of drug-likeness (QED) is 0.701. The first-order valence-electron chi connectivity index (χ1n) is 9.01. The fraction of sp³-hybridized carbons (Fsp3) is 0.381. The second-order valence-corrected chi connectivity index (χ2v) is 9.43. The number of methoxy groups -OCH3 is 1. The van der Waals surface area contributed by atoms with Gasteiger partial charge in [-0.25, -0.2) is 0 Å². The van der Waals surface area contributed by atoms with Crippen molar-refractivity contribution in [1.82, 2.24) is 4.90 Å². The number of rotatable bonds is 6. The molecule has 0 atom stereocenters. The van der Waals surface area contributed by atoms with Crippen molar-refractivity contribution < 1.29 is 9.53 Å². The maximum Gasteiger partial charge on any atom is 0.254 e. The van der Waals surface area contributed by atoms with Gasteiger partial charge in [-0.1, -0.05) is 24.3 Å². The number of ether oxygens (including phenoxy) is 1. The molecule has 0 spiro atoms. The van der Waals surface area contributed by atoms with Gasteiger partial charge in [0.2, 0.25) is 0 Å². The number of benzene rings is 2. The summed E-state index contributed by atoms with van der Waals surface area (Å²) in [7, 11) is 1.67. The smallest absolute Gasteiger partial charge is 0.254 e. The largest absolute Gasteiger partial charge is 0.497 e. The zero-order valence-electron chi connectivity index (χ0n) is 14.9. The Morgan fingerprint density at radius 1 is 1.04 bits per heavy atom. The molecule has 1 saturated carbocycles. The lowest BCUT2D eigenvalue weighted by Crippen LogP contribution is -2.32. The summed E-state index contributed by atoms with van der Waals surface area (Å²) in [5.74, 6) is 3.42. The molecule has 2 aromatic carbocycles. The third-order valence-corrected chi connectivity index (χ3v) is 7.92. The number of hydrogen-bond acceptors (Lipinski definition) is 4. The van der Waals surface area contributed by atoms with Gasteiger partial charge in [0, 0.05) is 29.7 Å². The first-order chi connectivity index (χ1) is 12.7. The molecule has 1 saturated heterocycles. The van der Waals surface area contributed by atoms with Crippen molar-refractivity contribution in [3.05, 3.63) is 65.2 Å². The molecular formula is C21H23NO2S2. The Balaban J connectivity index is 1.48. The minimum Gasteiger partial charge on any atom is -0.497 e. The Hall–Kier alpha value is -1.59. The van der Waals surface area contributed by atoms with Crippen LogP contribution in [0.2, 0.25) is 0 Å². The molecule has 136 valence electrons. The molecule has 0 aromatic heterocycles. The molecule has 26 heavy (non-hydrogen) atoms.